The summed E-state index contributed by atoms with van der Waals surface area (Å²) in [5.74, 6) is 0. The van der Waals surface area contributed by atoms with Crippen LogP contribution in [0, 0.1) is 0 Å². The molecular formula is C10H19N3. The van der Waals surface area contributed by atoms with Crippen LogP contribution in [-0.2, 0) is 6.54 Å². The molecule has 1 atom stereocenters. The van der Waals surface area contributed by atoms with Crippen molar-refractivity contribution in [2.75, 3.05) is 6.54 Å². The first-order valence-electron chi connectivity index (χ1n) is 5.03. The Morgan fingerprint density at radius 1 is 1.54 bits per heavy atom. The Balaban J connectivity index is 2.02. The van der Waals surface area contributed by atoms with E-state index in [0.717, 1.165) is 19.5 Å². The molecule has 1 rings (SSSR count). The number of hydrogen-bond acceptors (Lipinski definition) is 2. The lowest BCUT2D eigenvalue weighted by Crippen LogP contribution is -2.26. The van der Waals surface area contributed by atoms with Gasteiger partial charge in [-0.2, -0.15) is 5.10 Å². The zero-order valence-corrected chi connectivity index (χ0v) is 8.53. The highest BCUT2D eigenvalue weighted by Crippen LogP contribution is 1.91. The lowest BCUT2D eigenvalue weighted by Gasteiger charge is -2.10. The van der Waals surface area contributed by atoms with Gasteiger partial charge in [-0.3, -0.25) is 4.68 Å². The zero-order chi connectivity index (χ0) is 9.52. The molecule has 0 aromatic carbocycles. The van der Waals surface area contributed by atoms with E-state index >= 15 is 0 Å². The molecule has 0 aliphatic rings. The molecule has 0 fully saturated rings. The number of aryl methyl sites for hydroxylation is 1. The van der Waals surface area contributed by atoms with E-state index in [0.29, 0.717) is 6.04 Å². The lowest BCUT2D eigenvalue weighted by molar-refractivity contribution is 0.489. The molecule has 0 amide bonds. The molecule has 13 heavy (non-hydrogen) atoms. The Hall–Kier alpha value is -0.830. The Kier molecular flexibility index (Phi) is 4.54. The molecule has 0 radical (unpaired) electrons. The Labute approximate surface area is 80.1 Å². The van der Waals surface area contributed by atoms with Crippen LogP contribution in [-0.4, -0.2) is 22.4 Å². The number of nitrogens with zero attached hydrogens (tertiary/aromatic N) is 2. The minimum absolute atomic E-state index is 0.637. The molecule has 3 nitrogen and oxygen atoms in total. The van der Waals surface area contributed by atoms with Crippen LogP contribution in [0.3, 0.4) is 0 Å². The summed E-state index contributed by atoms with van der Waals surface area (Å²) in [4.78, 5) is 0. The molecule has 74 valence electrons. The average molecular weight is 181 g/mol. The third kappa shape index (κ3) is 4.08. The molecule has 0 saturated heterocycles. The summed E-state index contributed by atoms with van der Waals surface area (Å²) in [6, 6.07) is 2.60. The van der Waals surface area contributed by atoms with Gasteiger partial charge in [0.25, 0.3) is 0 Å². The second-order valence-corrected chi connectivity index (χ2v) is 3.39. The minimum atomic E-state index is 0.637. The van der Waals surface area contributed by atoms with Crippen LogP contribution in [0.2, 0.25) is 0 Å². The van der Waals surface area contributed by atoms with Crippen molar-refractivity contribution < 1.29 is 0 Å². The lowest BCUT2D eigenvalue weighted by atomic mass is 10.2. The number of rotatable bonds is 6. The van der Waals surface area contributed by atoms with E-state index in [1.165, 1.54) is 6.42 Å². The van der Waals surface area contributed by atoms with Crippen LogP contribution < -0.4 is 5.32 Å². The van der Waals surface area contributed by atoms with Gasteiger partial charge in [-0.15, -0.1) is 0 Å². The molecule has 0 aliphatic heterocycles. The summed E-state index contributed by atoms with van der Waals surface area (Å²) < 4.78 is 1.97. The minimum Gasteiger partial charge on any atom is -0.314 e. The molecule has 1 N–H and O–H groups in total. The topological polar surface area (TPSA) is 29.9 Å². The largest absolute Gasteiger partial charge is 0.314 e. The zero-order valence-electron chi connectivity index (χ0n) is 8.53. The van der Waals surface area contributed by atoms with E-state index in [2.05, 4.69) is 24.3 Å². The van der Waals surface area contributed by atoms with Gasteiger partial charge in [0.15, 0.2) is 0 Å². The number of hydrogen-bond donors (Lipinski definition) is 1. The highest BCUT2D eigenvalue weighted by atomic mass is 15.3. The maximum atomic E-state index is 4.14. The van der Waals surface area contributed by atoms with Crippen LogP contribution in [0.5, 0.6) is 0 Å². The predicted octanol–water partition coefficient (Wildman–Crippen LogP) is 1.66. The van der Waals surface area contributed by atoms with Crippen molar-refractivity contribution in [2.24, 2.45) is 0 Å². The standard InChI is InChI=1S/C10H19N3/c1-3-10(2)11-6-4-8-13-9-5-7-12-13/h5,7,9-11H,3-4,6,8H2,1-2H3. The summed E-state index contributed by atoms with van der Waals surface area (Å²) in [6.45, 7) is 6.50. The van der Waals surface area contributed by atoms with Gasteiger partial charge >= 0.3 is 0 Å². The summed E-state index contributed by atoms with van der Waals surface area (Å²) in [5.41, 5.74) is 0. The highest BCUT2D eigenvalue weighted by Gasteiger charge is 1.96. The maximum absolute atomic E-state index is 4.14. The Morgan fingerprint density at radius 3 is 3.00 bits per heavy atom. The van der Waals surface area contributed by atoms with Crippen molar-refractivity contribution >= 4 is 0 Å². The van der Waals surface area contributed by atoms with Gasteiger partial charge in [-0.05, 0) is 32.4 Å². The monoisotopic (exact) mass is 181 g/mol. The molecule has 1 aromatic heterocycles. The van der Waals surface area contributed by atoms with Gasteiger partial charge in [0.1, 0.15) is 0 Å². The molecule has 0 aliphatic carbocycles. The van der Waals surface area contributed by atoms with Gasteiger partial charge in [-0.1, -0.05) is 6.92 Å². The molecule has 1 heterocycles. The van der Waals surface area contributed by atoms with Crippen LogP contribution in [0.15, 0.2) is 18.5 Å². The number of nitrogens with one attached hydrogen (secondary N) is 1. The fraction of sp³-hybridized carbons (Fsp3) is 0.700. The number of aromatic nitrogens is 2. The van der Waals surface area contributed by atoms with Crippen molar-refractivity contribution in [3.63, 3.8) is 0 Å². The molecule has 0 spiro atoms. The van der Waals surface area contributed by atoms with Gasteiger partial charge in [0.2, 0.25) is 0 Å². The predicted molar refractivity (Wildman–Crippen MR) is 54.6 cm³/mol. The molecular weight excluding hydrogens is 162 g/mol. The van der Waals surface area contributed by atoms with E-state index in [1.807, 2.05) is 23.1 Å². The van der Waals surface area contributed by atoms with E-state index in [1.54, 1.807) is 0 Å². The van der Waals surface area contributed by atoms with Crippen molar-refractivity contribution in [2.45, 2.75) is 39.3 Å². The molecule has 0 bridgehead atoms. The fourth-order valence-electron chi connectivity index (χ4n) is 1.17. The summed E-state index contributed by atoms with van der Waals surface area (Å²) in [6.07, 6.45) is 6.17. The van der Waals surface area contributed by atoms with Gasteiger partial charge in [-0.25, -0.2) is 0 Å². The van der Waals surface area contributed by atoms with E-state index in [4.69, 9.17) is 0 Å². The van der Waals surface area contributed by atoms with Crippen molar-refractivity contribution in [1.29, 1.82) is 0 Å². The first-order valence-corrected chi connectivity index (χ1v) is 5.03. The van der Waals surface area contributed by atoms with Gasteiger partial charge in [0.05, 0.1) is 0 Å². The maximum Gasteiger partial charge on any atom is 0.0489 e. The van der Waals surface area contributed by atoms with Gasteiger partial charge < -0.3 is 5.32 Å². The summed E-state index contributed by atoms with van der Waals surface area (Å²) >= 11 is 0. The van der Waals surface area contributed by atoms with Crippen molar-refractivity contribution in [3.05, 3.63) is 18.5 Å². The van der Waals surface area contributed by atoms with E-state index < -0.39 is 0 Å². The smallest absolute Gasteiger partial charge is 0.0489 e. The first kappa shape index (κ1) is 10.3. The molecule has 3 heteroatoms. The average Bonchev–Trinajstić information content (AvgIpc) is 2.64. The van der Waals surface area contributed by atoms with Crippen LogP contribution in [0.4, 0.5) is 0 Å². The fourth-order valence-corrected chi connectivity index (χ4v) is 1.17. The van der Waals surface area contributed by atoms with Crippen LogP contribution in [0.1, 0.15) is 26.7 Å². The van der Waals surface area contributed by atoms with Crippen LogP contribution >= 0.6 is 0 Å². The van der Waals surface area contributed by atoms with Gasteiger partial charge in [0, 0.05) is 25.0 Å². The second-order valence-electron chi connectivity index (χ2n) is 3.39. The Morgan fingerprint density at radius 2 is 2.38 bits per heavy atom. The third-order valence-corrected chi connectivity index (χ3v) is 2.23. The van der Waals surface area contributed by atoms with E-state index in [-0.39, 0.29) is 0 Å². The summed E-state index contributed by atoms with van der Waals surface area (Å²) in [5, 5.41) is 7.60. The SMILES string of the molecule is CCC(C)NCCCn1cccn1. The van der Waals surface area contributed by atoms with Crippen molar-refractivity contribution in [3.8, 4) is 0 Å². The molecule has 0 saturated carbocycles. The molecule has 1 unspecified atom stereocenters. The second kappa shape index (κ2) is 5.75. The summed E-state index contributed by atoms with van der Waals surface area (Å²) in [7, 11) is 0. The van der Waals surface area contributed by atoms with Crippen molar-refractivity contribution in [1.82, 2.24) is 15.1 Å². The van der Waals surface area contributed by atoms with E-state index in [9.17, 15) is 0 Å². The Bertz CT molecular complexity index is 206. The highest BCUT2D eigenvalue weighted by molar-refractivity contribution is 4.77. The normalized spacial score (nSPS) is 13.1. The molecule has 1 aromatic rings. The first-order chi connectivity index (χ1) is 6.33. The van der Waals surface area contributed by atoms with Crippen LogP contribution in [0.25, 0.3) is 0 Å². The quantitative estimate of drug-likeness (QED) is 0.676. The third-order valence-electron chi connectivity index (χ3n) is 2.23.